The summed E-state index contributed by atoms with van der Waals surface area (Å²) in [4.78, 5) is 12.1. The van der Waals surface area contributed by atoms with E-state index in [4.69, 9.17) is 4.74 Å². The third-order valence-corrected chi connectivity index (χ3v) is 5.53. The fraction of sp³-hybridized carbons (Fsp3) is 0.278. The van der Waals surface area contributed by atoms with Crippen molar-refractivity contribution >= 4 is 27.3 Å². The summed E-state index contributed by atoms with van der Waals surface area (Å²) in [7, 11) is -4.41. The van der Waals surface area contributed by atoms with Gasteiger partial charge in [0.05, 0.1) is 5.69 Å². The van der Waals surface area contributed by atoms with Gasteiger partial charge in [0, 0.05) is 12.3 Å². The van der Waals surface area contributed by atoms with E-state index in [1.165, 1.54) is 22.9 Å². The van der Waals surface area contributed by atoms with Crippen molar-refractivity contribution in [1.29, 1.82) is 0 Å². The summed E-state index contributed by atoms with van der Waals surface area (Å²) >= 11 is 0. The topological polar surface area (TPSA) is 93.9 Å². The summed E-state index contributed by atoms with van der Waals surface area (Å²) in [6.07, 6.45) is 2.86. The molecule has 0 aliphatic rings. The van der Waals surface area contributed by atoms with Crippen LogP contribution >= 0.6 is 0 Å². The summed E-state index contributed by atoms with van der Waals surface area (Å²) in [5.41, 5.74) is -1.09. The molecule has 3 rings (SSSR count). The highest BCUT2D eigenvalue weighted by Crippen LogP contribution is 2.27. The Balaban J connectivity index is 2.12. The molecule has 0 radical (unpaired) electrons. The normalized spacial score (nSPS) is 12.2. The highest BCUT2D eigenvalue weighted by molar-refractivity contribution is 7.93. The van der Waals surface area contributed by atoms with Crippen molar-refractivity contribution in [2.75, 3.05) is 10.8 Å². The number of aromatic nitrogens is 3. The Kier molecular flexibility index (Phi) is 5.26. The molecule has 2 heterocycles. The van der Waals surface area contributed by atoms with Crippen molar-refractivity contribution in [2.45, 2.75) is 31.3 Å². The SMILES string of the molecule is CC(C)(C)OC(=O)CN(c1ccc(F)c(F)c1)S(=O)(=O)c1cccn2cnnc12. The third kappa shape index (κ3) is 4.34. The van der Waals surface area contributed by atoms with Crippen LogP contribution < -0.4 is 4.31 Å². The van der Waals surface area contributed by atoms with Crippen LogP contribution in [0.15, 0.2) is 47.8 Å². The number of nitrogens with zero attached hydrogens (tertiary/aromatic N) is 4. The first kappa shape index (κ1) is 20.6. The van der Waals surface area contributed by atoms with E-state index in [1.54, 1.807) is 27.0 Å². The Morgan fingerprint density at radius 1 is 1.21 bits per heavy atom. The van der Waals surface area contributed by atoms with Crippen LogP contribution in [0.4, 0.5) is 14.5 Å². The standard InChI is InChI=1S/C18H18F2N4O4S/c1-18(2,3)28-16(25)10-24(12-6-7-13(19)14(20)9-12)29(26,27)15-5-4-8-23-11-21-22-17(15)23/h4-9,11H,10H2,1-3H3. The number of fused-ring (bicyclic) bond motifs is 1. The Labute approximate surface area is 165 Å². The Bertz CT molecular complexity index is 1170. The summed E-state index contributed by atoms with van der Waals surface area (Å²) < 4.78 is 61.1. The second kappa shape index (κ2) is 7.39. The van der Waals surface area contributed by atoms with E-state index in [2.05, 4.69) is 10.2 Å². The molecule has 2 aromatic heterocycles. The number of hydrogen-bond acceptors (Lipinski definition) is 6. The smallest absolute Gasteiger partial charge is 0.327 e. The van der Waals surface area contributed by atoms with E-state index < -0.39 is 39.8 Å². The molecular weight excluding hydrogens is 406 g/mol. The van der Waals surface area contributed by atoms with Crippen LogP contribution in [-0.4, -0.2) is 41.1 Å². The molecule has 0 spiro atoms. The number of pyridine rings is 1. The first-order valence-electron chi connectivity index (χ1n) is 8.47. The second-order valence-electron chi connectivity index (χ2n) is 7.13. The summed E-state index contributed by atoms with van der Waals surface area (Å²) in [5, 5.41) is 7.46. The molecule has 0 saturated carbocycles. The van der Waals surface area contributed by atoms with Gasteiger partial charge in [-0.25, -0.2) is 17.2 Å². The number of hydrogen-bond donors (Lipinski definition) is 0. The molecule has 0 saturated heterocycles. The molecule has 8 nitrogen and oxygen atoms in total. The van der Waals surface area contributed by atoms with Crippen LogP contribution in [0.2, 0.25) is 0 Å². The van der Waals surface area contributed by atoms with Gasteiger partial charge in [-0.3, -0.25) is 13.5 Å². The van der Waals surface area contributed by atoms with Gasteiger partial charge in [-0.2, -0.15) is 0 Å². The Hall–Kier alpha value is -3.08. The molecule has 1 aromatic carbocycles. The van der Waals surface area contributed by atoms with Crippen molar-refractivity contribution in [3.8, 4) is 0 Å². The van der Waals surface area contributed by atoms with Crippen LogP contribution in [0.5, 0.6) is 0 Å². The molecule has 0 aliphatic heterocycles. The minimum absolute atomic E-state index is 0.0178. The number of carbonyl (C=O) groups excluding carboxylic acids is 1. The maximum absolute atomic E-state index is 13.8. The number of esters is 1. The number of halogens is 2. The quantitative estimate of drug-likeness (QED) is 0.585. The zero-order valence-corrected chi connectivity index (χ0v) is 16.7. The zero-order valence-electron chi connectivity index (χ0n) is 15.8. The van der Waals surface area contributed by atoms with E-state index in [0.717, 1.165) is 12.1 Å². The molecule has 0 unspecified atom stereocenters. The molecular formula is C18H18F2N4O4S. The van der Waals surface area contributed by atoms with Crippen LogP contribution in [-0.2, 0) is 19.6 Å². The van der Waals surface area contributed by atoms with Gasteiger partial charge in [0.1, 0.15) is 23.4 Å². The van der Waals surface area contributed by atoms with Crippen molar-refractivity contribution in [3.05, 3.63) is 54.5 Å². The highest BCUT2D eigenvalue weighted by Gasteiger charge is 2.32. The minimum atomic E-state index is -4.41. The predicted molar refractivity (Wildman–Crippen MR) is 99.7 cm³/mol. The first-order chi connectivity index (χ1) is 13.5. The molecule has 0 amide bonds. The van der Waals surface area contributed by atoms with Gasteiger partial charge in [0.25, 0.3) is 10.0 Å². The molecule has 29 heavy (non-hydrogen) atoms. The average Bonchev–Trinajstić information content (AvgIpc) is 3.09. The molecule has 11 heteroatoms. The molecule has 154 valence electrons. The lowest BCUT2D eigenvalue weighted by molar-refractivity contribution is -0.152. The largest absolute Gasteiger partial charge is 0.459 e. The van der Waals surface area contributed by atoms with Gasteiger partial charge < -0.3 is 4.74 Å². The summed E-state index contributed by atoms with van der Waals surface area (Å²) in [6, 6.07) is 5.27. The van der Waals surface area contributed by atoms with E-state index in [9.17, 15) is 22.0 Å². The second-order valence-corrected chi connectivity index (χ2v) is 8.96. The lowest BCUT2D eigenvalue weighted by atomic mass is 10.2. The van der Waals surface area contributed by atoms with Crippen LogP contribution in [0.25, 0.3) is 5.65 Å². The van der Waals surface area contributed by atoms with Crippen molar-refractivity contribution in [2.24, 2.45) is 0 Å². The van der Waals surface area contributed by atoms with Crippen LogP contribution in [0, 0.1) is 11.6 Å². The molecule has 0 bridgehead atoms. The van der Waals surface area contributed by atoms with Gasteiger partial charge in [-0.15, -0.1) is 10.2 Å². The lowest BCUT2D eigenvalue weighted by Crippen LogP contribution is -2.39. The Morgan fingerprint density at radius 3 is 2.59 bits per heavy atom. The van der Waals surface area contributed by atoms with Crippen molar-refractivity contribution in [1.82, 2.24) is 14.6 Å². The van der Waals surface area contributed by atoms with Gasteiger partial charge >= 0.3 is 5.97 Å². The van der Waals surface area contributed by atoms with E-state index in [1.807, 2.05) is 0 Å². The lowest BCUT2D eigenvalue weighted by Gasteiger charge is -2.26. The highest BCUT2D eigenvalue weighted by atomic mass is 32.2. The fourth-order valence-electron chi connectivity index (χ4n) is 2.59. The molecule has 0 N–H and O–H groups in total. The minimum Gasteiger partial charge on any atom is -0.459 e. The summed E-state index contributed by atoms with van der Waals surface area (Å²) in [6.45, 7) is 4.12. The Morgan fingerprint density at radius 2 is 1.93 bits per heavy atom. The molecule has 0 atom stereocenters. The van der Waals surface area contributed by atoms with Crippen LogP contribution in [0.1, 0.15) is 20.8 Å². The number of carbonyl (C=O) groups is 1. The average molecular weight is 424 g/mol. The van der Waals surface area contributed by atoms with E-state index >= 15 is 0 Å². The van der Waals surface area contributed by atoms with Crippen molar-refractivity contribution in [3.63, 3.8) is 0 Å². The van der Waals surface area contributed by atoms with E-state index in [0.29, 0.717) is 10.4 Å². The molecule has 0 aliphatic carbocycles. The number of anilines is 1. The number of ether oxygens (including phenoxy) is 1. The van der Waals surface area contributed by atoms with Crippen molar-refractivity contribution < 1.29 is 26.7 Å². The molecule has 3 aromatic rings. The van der Waals surface area contributed by atoms with Gasteiger partial charge in [-0.05, 0) is 45.0 Å². The maximum Gasteiger partial charge on any atom is 0.327 e. The zero-order chi connectivity index (χ0) is 21.4. The molecule has 0 fully saturated rings. The van der Waals surface area contributed by atoms with E-state index in [-0.39, 0.29) is 16.2 Å². The van der Waals surface area contributed by atoms with Gasteiger partial charge in [0.2, 0.25) is 0 Å². The number of rotatable bonds is 5. The fourth-order valence-corrected chi connectivity index (χ4v) is 4.12. The van der Waals surface area contributed by atoms with Gasteiger partial charge in [-0.1, -0.05) is 0 Å². The number of sulfonamides is 1. The predicted octanol–water partition coefficient (Wildman–Crippen LogP) is 2.54. The first-order valence-corrected chi connectivity index (χ1v) is 9.91. The summed E-state index contributed by atoms with van der Waals surface area (Å²) in [5.74, 6) is -3.27. The number of benzene rings is 1. The monoisotopic (exact) mass is 424 g/mol. The van der Waals surface area contributed by atoms with Crippen LogP contribution in [0.3, 0.4) is 0 Å². The van der Waals surface area contributed by atoms with Gasteiger partial charge in [0.15, 0.2) is 17.3 Å². The maximum atomic E-state index is 13.8. The third-order valence-electron chi connectivity index (χ3n) is 3.74.